The Bertz CT molecular complexity index is 6840. The standard InChI is InChI=1S/C48H29N3S.C37H23NS.C11H7BrN2.H2/c1-2-12-31-29-50-34(25-30(31)11-1)28-47(49-50)51(33-22-24-46-40(27-33)38-16-6-10-20-45(38)52-46)32-21-23-44-39(26-32)37-15-5-9-19-43(37)48(44)41-17-7-3-13-35(41)36-14-4-8-18-42(36)48;1-5-13-31-25(9-1)26-10-2-6-14-32(26)37(31)33-15-7-3-11-27(33)29-21-23(17-19-34(29)37)38-24-18-20-36-30(22-24)28-12-4-8-16-35(28)39-36;12-11-6-10-5-8-3-1-2-4-9(8)7-14(10)13-11;/h1-29H;1-22,38H;1-7H;1H. The van der Waals surface area contributed by atoms with Gasteiger partial charge in [-0.2, -0.15) is 5.10 Å². The molecular weight excluding hydrogens is 1380 g/mol. The Hall–Kier alpha value is -12.5. The molecular formula is C96H61BrN6S2. The van der Waals surface area contributed by atoms with Crippen LogP contribution >= 0.6 is 38.6 Å². The second-order valence-electron chi connectivity index (χ2n) is 27.8. The molecule has 0 saturated heterocycles. The average molecular weight is 1440 g/mol. The van der Waals surface area contributed by atoms with Crippen LogP contribution in [0.1, 0.15) is 45.9 Å². The second kappa shape index (κ2) is 23.3. The summed E-state index contributed by atoms with van der Waals surface area (Å²) in [6.07, 6.45) is 4.18. The van der Waals surface area contributed by atoms with Crippen molar-refractivity contribution in [2.45, 2.75) is 10.8 Å². The van der Waals surface area contributed by atoms with E-state index < -0.39 is 0 Å². The fourth-order valence-electron chi connectivity index (χ4n) is 18.0. The molecule has 24 rings (SSSR count). The number of hydrogen-bond donors (Lipinski definition) is 1. The SMILES string of the molecule is Brc1cc2cc3ccccc3cn2n1.[HH].c1ccc2c(c1)-c1ccccc1C21c2ccccc2-c2cc(N(c3ccc4sc5ccccc5c4c3)c3cc4cc5ccccc5cn4n3)ccc21.c1ccc2c(c1)-c1ccccc1C21c2ccccc2-c2cc(Nc3ccc4sc5ccccc5c4c3)ccc21. The van der Waals surface area contributed by atoms with Crippen molar-refractivity contribution < 1.29 is 1.43 Å². The normalized spacial score (nSPS) is 13.3. The third-order valence-corrected chi connectivity index (χ3v) is 25.0. The predicted molar refractivity (Wildman–Crippen MR) is 444 cm³/mol. The van der Waals surface area contributed by atoms with Gasteiger partial charge in [0.05, 0.1) is 21.9 Å². The van der Waals surface area contributed by atoms with Crippen LogP contribution in [0.5, 0.6) is 0 Å². The van der Waals surface area contributed by atoms with Crippen LogP contribution in [0.2, 0.25) is 0 Å². The summed E-state index contributed by atoms with van der Waals surface area (Å²) in [5, 5.41) is 23.3. The Morgan fingerprint density at radius 1 is 0.295 bits per heavy atom. The van der Waals surface area contributed by atoms with E-state index in [1.54, 1.807) is 0 Å². The van der Waals surface area contributed by atoms with Crippen LogP contribution in [-0.4, -0.2) is 19.2 Å². The summed E-state index contributed by atoms with van der Waals surface area (Å²) in [5.41, 5.74) is 27.3. The van der Waals surface area contributed by atoms with Crippen molar-refractivity contribution in [3.63, 3.8) is 0 Å². The molecule has 4 aliphatic rings. The summed E-state index contributed by atoms with van der Waals surface area (Å²) in [4.78, 5) is 2.34. The minimum Gasteiger partial charge on any atom is -0.355 e. The molecule has 0 fully saturated rings. The molecule has 6 aromatic heterocycles. The molecule has 0 saturated carbocycles. The van der Waals surface area contributed by atoms with Gasteiger partial charge >= 0.3 is 0 Å². The van der Waals surface area contributed by atoms with E-state index >= 15 is 0 Å². The Morgan fingerprint density at radius 3 is 1.19 bits per heavy atom. The molecule has 4 aliphatic carbocycles. The number of rotatable bonds is 5. The molecule has 0 bridgehead atoms. The molecule has 0 amide bonds. The number of anilines is 5. The summed E-state index contributed by atoms with van der Waals surface area (Å²) in [6, 6.07) is 124. The van der Waals surface area contributed by atoms with E-state index in [1.807, 2.05) is 56.1 Å². The molecule has 0 aliphatic heterocycles. The molecule has 9 heteroatoms. The molecule has 105 heavy (non-hydrogen) atoms. The fourth-order valence-corrected chi connectivity index (χ4v) is 20.6. The van der Waals surface area contributed by atoms with Crippen molar-refractivity contribution in [1.82, 2.24) is 19.2 Å². The first-order valence-corrected chi connectivity index (χ1v) is 38.0. The zero-order chi connectivity index (χ0) is 69.1. The van der Waals surface area contributed by atoms with Gasteiger partial charge in [-0.25, -0.2) is 9.03 Å². The van der Waals surface area contributed by atoms with Gasteiger partial charge in [-0.05, 0) is 207 Å². The first-order valence-electron chi connectivity index (χ1n) is 35.6. The molecule has 20 aromatic rings. The number of hydrogen-bond acceptors (Lipinski definition) is 6. The van der Waals surface area contributed by atoms with Crippen LogP contribution in [0.4, 0.5) is 28.6 Å². The second-order valence-corrected chi connectivity index (χ2v) is 30.8. The number of thiophene rings is 2. The van der Waals surface area contributed by atoms with E-state index in [2.05, 4.69) is 359 Å². The van der Waals surface area contributed by atoms with Crippen molar-refractivity contribution in [2.75, 3.05) is 10.2 Å². The fraction of sp³-hybridized carbons (Fsp3) is 0.0208. The number of nitrogens with one attached hydrogen (secondary N) is 1. The number of benzene rings is 14. The van der Waals surface area contributed by atoms with Gasteiger partial charge in [0.15, 0.2) is 5.82 Å². The highest BCUT2D eigenvalue weighted by atomic mass is 79.9. The Morgan fingerprint density at radius 2 is 0.657 bits per heavy atom. The highest BCUT2D eigenvalue weighted by Gasteiger charge is 2.53. The van der Waals surface area contributed by atoms with Gasteiger partial charge in [0, 0.05) is 93.8 Å². The van der Waals surface area contributed by atoms with E-state index in [-0.39, 0.29) is 12.3 Å². The molecule has 494 valence electrons. The maximum Gasteiger partial charge on any atom is 0.160 e. The predicted octanol–water partition coefficient (Wildman–Crippen LogP) is 26.3. The Balaban J connectivity index is 0.000000117. The van der Waals surface area contributed by atoms with Crippen molar-refractivity contribution in [1.29, 1.82) is 0 Å². The van der Waals surface area contributed by atoms with Crippen molar-refractivity contribution >= 4 is 140 Å². The minimum absolute atomic E-state index is 0. The lowest BCUT2D eigenvalue weighted by atomic mass is 9.70. The quantitative estimate of drug-likeness (QED) is 0.187. The summed E-state index contributed by atoms with van der Waals surface area (Å²) in [5.74, 6) is 0.881. The number of aromatic nitrogens is 4. The zero-order valence-electron chi connectivity index (χ0n) is 56.4. The number of halogens is 1. The van der Waals surface area contributed by atoms with Gasteiger partial charge in [0.2, 0.25) is 0 Å². The zero-order valence-corrected chi connectivity index (χ0v) is 59.6. The summed E-state index contributed by atoms with van der Waals surface area (Å²) < 4.78 is 10.0. The van der Waals surface area contributed by atoms with E-state index in [0.29, 0.717) is 0 Å². The van der Waals surface area contributed by atoms with Crippen LogP contribution in [0.25, 0.3) is 117 Å². The van der Waals surface area contributed by atoms with Crippen LogP contribution in [-0.2, 0) is 10.8 Å². The van der Waals surface area contributed by atoms with Crippen LogP contribution in [0.15, 0.2) is 357 Å². The molecule has 6 heterocycles. The number of pyridine rings is 2. The largest absolute Gasteiger partial charge is 0.355 e. The van der Waals surface area contributed by atoms with Crippen LogP contribution in [0, 0.1) is 0 Å². The molecule has 6 nitrogen and oxygen atoms in total. The van der Waals surface area contributed by atoms with Gasteiger partial charge in [0.1, 0.15) is 4.60 Å². The lowest BCUT2D eigenvalue weighted by molar-refractivity contribution is 0.793. The topological polar surface area (TPSA) is 49.9 Å². The Kier molecular flexibility index (Phi) is 13.3. The highest BCUT2D eigenvalue weighted by molar-refractivity contribution is 9.10. The maximum absolute atomic E-state index is 5.26. The lowest BCUT2D eigenvalue weighted by Crippen LogP contribution is -2.25. The molecule has 0 atom stereocenters. The van der Waals surface area contributed by atoms with Crippen molar-refractivity contribution in [3.05, 3.63) is 401 Å². The lowest BCUT2D eigenvalue weighted by Gasteiger charge is -2.31. The smallest absolute Gasteiger partial charge is 0.160 e. The van der Waals surface area contributed by atoms with E-state index in [9.17, 15) is 0 Å². The average Bonchev–Trinajstić information content (AvgIpc) is 1.52. The molecule has 0 radical (unpaired) electrons. The third-order valence-electron chi connectivity index (χ3n) is 22.4. The third kappa shape index (κ3) is 8.99. The molecule has 2 spiro atoms. The molecule has 14 aromatic carbocycles. The summed E-state index contributed by atoms with van der Waals surface area (Å²) in [6.45, 7) is 0. The Labute approximate surface area is 622 Å². The molecule has 0 unspecified atom stereocenters. The first-order chi connectivity index (χ1) is 51.9. The van der Waals surface area contributed by atoms with Crippen LogP contribution in [0.3, 0.4) is 0 Å². The van der Waals surface area contributed by atoms with Crippen LogP contribution < -0.4 is 10.2 Å². The van der Waals surface area contributed by atoms with Gasteiger partial charge < -0.3 is 5.32 Å². The van der Waals surface area contributed by atoms with E-state index in [4.69, 9.17) is 5.10 Å². The first kappa shape index (κ1) is 60.1. The number of fused-ring (bicyclic) bond motifs is 30. The summed E-state index contributed by atoms with van der Waals surface area (Å²) >= 11 is 7.07. The maximum atomic E-state index is 5.26. The van der Waals surface area contributed by atoms with Crippen molar-refractivity contribution in [2.24, 2.45) is 0 Å². The van der Waals surface area contributed by atoms with Gasteiger partial charge in [-0.1, -0.05) is 243 Å². The minimum atomic E-state index is -0.375. The highest BCUT2D eigenvalue weighted by Crippen LogP contribution is 2.65. The van der Waals surface area contributed by atoms with Gasteiger partial charge in [-0.15, -0.1) is 27.8 Å². The van der Waals surface area contributed by atoms with E-state index in [0.717, 1.165) is 44.2 Å². The number of nitrogens with zero attached hydrogens (tertiary/aromatic N) is 5. The molecule has 1 N–H and O–H groups in total. The van der Waals surface area contributed by atoms with Crippen molar-refractivity contribution in [3.8, 4) is 44.5 Å². The van der Waals surface area contributed by atoms with Gasteiger partial charge in [-0.3, -0.25) is 4.90 Å². The summed E-state index contributed by atoms with van der Waals surface area (Å²) in [7, 11) is 0. The monoisotopic (exact) mass is 1440 g/mol. The van der Waals surface area contributed by atoms with E-state index in [1.165, 1.54) is 151 Å². The van der Waals surface area contributed by atoms with Gasteiger partial charge in [0.25, 0.3) is 0 Å².